The Morgan fingerprint density at radius 3 is 2.57 bits per heavy atom. The van der Waals surface area contributed by atoms with Crippen molar-refractivity contribution in [1.82, 2.24) is 4.57 Å². The van der Waals surface area contributed by atoms with Gasteiger partial charge in [-0.2, -0.15) is 0 Å². The summed E-state index contributed by atoms with van der Waals surface area (Å²) in [5.41, 5.74) is 2.38. The van der Waals surface area contributed by atoms with Gasteiger partial charge in [0.25, 0.3) is 5.56 Å². The maximum absolute atomic E-state index is 14.0. The fourth-order valence-corrected chi connectivity index (χ4v) is 5.80. The molecule has 0 spiro atoms. The van der Waals surface area contributed by atoms with E-state index in [1.165, 1.54) is 15.9 Å². The molecule has 1 unspecified atom stereocenters. The lowest BCUT2D eigenvalue weighted by atomic mass is 9.93. The number of carboxylic acid groups (broad SMARTS) is 1. The van der Waals surface area contributed by atoms with E-state index in [0.29, 0.717) is 49.0 Å². The lowest BCUT2D eigenvalue weighted by Crippen LogP contribution is -2.40. The van der Waals surface area contributed by atoms with Crippen LogP contribution in [0.25, 0.3) is 11.8 Å². The summed E-state index contributed by atoms with van der Waals surface area (Å²) in [5.74, 6) is -0.165. The minimum absolute atomic E-state index is 0.0809. The fourth-order valence-electron chi connectivity index (χ4n) is 4.80. The van der Waals surface area contributed by atoms with Gasteiger partial charge in [0.15, 0.2) is 22.9 Å². The molecule has 3 aromatic carbocycles. The number of fused-ring (bicyclic) bond motifs is 2. The highest BCUT2D eigenvalue weighted by molar-refractivity contribution is 7.07. The van der Waals surface area contributed by atoms with Gasteiger partial charge < -0.3 is 24.1 Å². The first-order valence-electron chi connectivity index (χ1n) is 13.1. The number of benzene rings is 3. The highest BCUT2D eigenvalue weighted by Gasteiger charge is 2.36. The third-order valence-electron chi connectivity index (χ3n) is 6.63. The van der Waals surface area contributed by atoms with E-state index < -0.39 is 24.6 Å². The minimum atomic E-state index is -1.07. The van der Waals surface area contributed by atoms with Crippen molar-refractivity contribution in [2.24, 2.45) is 4.99 Å². The predicted molar refractivity (Wildman–Crippen MR) is 153 cm³/mol. The van der Waals surface area contributed by atoms with Crippen LogP contribution in [-0.2, 0) is 14.3 Å². The van der Waals surface area contributed by atoms with Crippen LogP contribution >= 0.6 is 11.3 Å². The van der Waals surface area contributed by atoms with Crippen LogP contribution < -0.4 is 29.1 Å². The lowest BCUT2D eigenvalue weighted by Gasteiger charge is -2.26. The topological polar surface area (TPSA) is 126 Å². The smallest absolute Gasteiger partial charge is 0.341 e. The molecule has 1 aromatic heterocycles. The van der Waals surface area contributed by atoms with E-state index in [1.807, 2.05) is 30.3 Å². The molecule has 42 heavy (non-hydrogen) atoms. The zero-order valence-electron chi connectivity index (χ0n) is 22.3. The molecule has 0 radical (unpaired) electrons. The van der Waals surface area contributed by atoms with Crippen LogP contribution in [0, 0.1) is 0 Å². The molecule has 1 N–H and O–H groups in total. The summed E-state index contributed by atoms with van der Waals surface area (Å²) in [6.45, 7) is 1.50. The molecule has 11 heteroatoms. The summed E-state index contributed by atoms with van der Waals surface area (Å²) < 4.78 is 23.7. The van der Waals surface area contributed by atoms with E-state index in [9.17, 15) is 14.4 Å². The third kappa shape index (κ3) is 5.17. The van der Waals surface area contributed by atoms with Crippen LogP contribution in [0.2, 0.25) is 0 Å². The Kier molecular flexibility index (Phi) is 7.32. The number of hydrogen-bond acceptors (Lipinski definition) is 9. The number of carboxylic acids is 1. The number of carbonyl (C=O) groups excluding carboxylic acids is 1. The number of hydrogen-bond donors (Lipinski definition) is 1. The second kappa shape index (κ2) is 11.4. The average Bonchev–Trinajstić information content (AvgIpc) is 3.60. The number of carbonyl (C=O) groups is 2. The summed E-state index contributed by atoms with van der Waals surface area (Å²) in [5, 5.41) is 8.84. The number of aromatic nitrogens is 1. The average molecular weight is 585 g/mol. The molecule has 2 aliphatic heterocycles. The van der Waals surface area contributed by atoms with Gasteiger partial charge in [-0.1, -0.05) is 59.9 Å². The van der Waals surface area contributed by atoms with Crippen LogP contribution in [0.15, 0.2) is 88.2 Å². The second-order valence-electron chi connectivity index (χ2n) is 9.30. The maximum Gasteiger partial charge on any atom is 0.341 e. The van der Waals surface area contributed by atoms with Crippen LogP contribution in [0.5, 0.6) is 17.2 Å². The molecule has 0 fully saturated rings. The zero-order chi connectivity index (χ0) is 29.2. The molecular weight excluding hydrogens is 560 g/mol. The van der Waals surface area contributed by atoms with Crippen molar-refractivity contribution in [3.05, 3.63) is 115 Å². The summed E-state index contributed by atoms with van der Waals surface area (Å²) in [4.78, 5) is 43.6. The highest BCUT2D eigenvalue weighted by Crippen LogP contribution is 2.40. The molecule has 212 valence electrons. The molecule has 4 aromatic rings. The van der Waals surface area contributed by atoms with Crippen LogP contribution in [0.4, 0.5) is 0 Å². The van der Waals surface area contributed by atoms with Crippen molar-refractivity contribution in [2.45, 2.75) is 13.0 Å². The minimum Gasteiger partial charge on any atom is -0.482 e. The van der Waals surface area contributed by atoms with Crippen LogP contribution in [0.1, 0.15) is 29.7 Å². The summed E-state index contributed by atoms with van der Waals surface area (Å²) in [6, 6.07) is 20.5. The Bertz CT molecular complexity index is 1890. The van der Waals surface area contributed by atoms with Gasteiger partial charge in [-0.15, -0.1) is 0 Å². The third-order valence-corrected chi connectivity index (χ3v) is 7.61. The predicted octanol–water partition coefficient (Wildman–Crippen LogP) is 3.13. The summed E-state index contributed by atoms with van der Waals surface area (Å²) in [6.07, 6.45) is 1.72. The summed E-state index contributed by atoms with van der Waals surface area (Å²) in [7, 11) is 0. The van der Waals surface area contributed by atoms with Crippen molar-refractivity contribution in [3.63, 3.8) is 0 Å². The van der Waals surface area contributed by atoms with Crippen molar-refractivity contribution < 1.29 is 33.6 Å². The van der Waals surface area contributed by atoms with Gasteiger partial charge >= 0.3 is 11.9 Å². The van der Waals surface area contributed by atoms with E-state index in [1.54, 1.807) is 55.5 Å². The standard InChI is InChI=1S/C31H24N2O8S/c1-2-38-30(37)26-27(19-6-4-3-5-7-19)32-31-33(28(26)20-10-13-22-23(15-20)41-17-40-22)29(36)24(42-31)14-18-8-11-21(12-9-18)39-16-25(34)35/h3-15,28H,2,16-17H2,1H3,(H,34,35)/b24-14-. The Hall–Kier alpha value is -5.16. The van der Waals surface area contributed by atoms with E-state index in [0.717, 1.165) is 0 Å². The van der Waals surface area contributed by atoms with Gasteiger partial charge in [0.05, 0.1) is 28.5 Å². The van der Waals surface area contributed by atoms with Gasteiger partial charge in [0.2, 0.25) is 6.79 Å². The number of nitrogens with zero attached hydrogens (tertiary/aromatic N) is 2. The molecule has 1 atom stereocenters. The maximum atomic E-state index is 14.0. The van der Waals surface area contributed by atoms with Gasteiger partial charge in [0, 0.05) is 5.56 Å². The number of rotatable bonds is 8. The van der Waals surface area contributed by atoms with Gasteiger partial charge in [-0.05, 0) is 48.4 Å². The highest BCUT2D eigenvalue weighted by atomic mass is 32.1. The quantitative estimate of drug-likeness (QED) is 0.313. The number of aliphatic carboxylic acids is 1. The summed E-state index contributed by atoms with van der Waals surface area (Å²) >= 11 is 1.20. The van der Waals surface area contributed by atoms with Crippen molar-refractivity contribution in [3.8, 4) is 17.2 Å². The normalized spacial score (nSPS) is 15.6. The lowest BCUT2D eigenvalue weighted by molar-refractivity contribution is -0.140. The molecular formula is C31H24N2O8S. The van der Waals surface area contributed by atoms with Crippen molar-refractivity contribution in [2.75, 3.05) is 20.0 Å². The molecule has 2 aliphatic rings. The zero-order valence-corrected chi connectivity index (χ0v) is 23.1. The Morgan fingerprint density at radius 1 is 1.07 bits per heavy atom. The van der Waals surface area contributed by atoms with E-state index >= 15 is 0 Å². The first kappa shape index (κ1) is 27.0. The molecule has 10 nitrogen and oxygen atoms in total. The molecule has 0 amide bonds. The Balaban J connectivity index is 1.54. The monoisotopic (exact) mass is 584 g/mol. The largest absolute Gasteiger partial charge is 0.482 e. The van der Waals surface area contributed by atoms with E-state index in [4.69, 9.17) is 29.0 Å². The molecule has 6 rings (SSSR count). The second-order valence-corrected chi connectivity index (χ2v) is 10.3. The first-order chi connectivity index (χ1) is 20.4. The van der Waals surface area contributed by atoms with Gasteiger partial charge in [-0.3, -0.25) is 9.36 Å². The molecule has 0 saturated heterocycles. The number of thiazole rings is 1. The van der Waals surface area contributed by atoms with Gasteiger partial charge in [-0.25, -0.2) is 14.6 Å². The molecule has 3 heterocycles. The van der Waals surface area contributed by atoms with Crippen molar-refractivity contribution >= 4 is 35.0 Å². The van der Waals surface area contributed by atoms with Crippen LogP contribution in [-0.4, -0.2) is 41.6 Å². The SMILES string of the molecule is CCOC(=O)C1=C(c2ccccc2)N=c2s/c(=C\c3ccc(OCC(=O)O)cc3)c(=O)n2C1c1ccc2c(c1)OCO2. The van der Waals surface area contributed by atoms with E-state index in [2.05, 4.69) is 0 Å². The number of esters is 1. The van der Waals surface area contributed by atoms with Crippen molar-refractivity contribution in [1.29, 1.82) is 0 Å². The fraction of sp³-hybridized carbons (Fsp3) is 0.161. The Labute approximate surface area is 243 Å². The van der Waals surface area contributed by atoms with Gasteiger partial charge in [0.1, 0.15) is 5.75 Å². The van der Waals surface area contributed by atoms with E-state index in [-0.39, 0.29) is 24.5 Å². The number of ether oxygens (including phenoxy) is 4. The molecule has 0 saturated carbocycles. The molecule has 0 aliphatic carbocycles. The van der Waals surface area contributed by atoms with Crippen LogP contribution in [0.3, 0.4) is 0 Å². The Morgan fingerprint density at radius 2 is 1.83 bits per heavy atom. The first-order valence-corrected chi connectivity index (χ1v) is 13.9. The molecule has 0 bridgehead atoms.